The molecule has 5 aromatic rings. The largest absolute Gasteiger partial charge is 0.507 e. The summed E-state index contributed by atoms with van der Waals surface area (Å²) < 4.78 is 0. The van der Waals surface area contributed by atoms with E-state index < -0.39 is 0 Å². The molecular weight excluding hydrogens is 445 g/mol. The van der Waals surface area contributed by atoms with E-state index in [2.05, 4.69) is 95.9 Å². The summed E-state index contributed by atoms with van der Waals surface area (Å²) in [7, 11) is 0.370. The van der Waals surface area contributed by atoms with Crippen molar-refractivity contribution in [2.45, 2.75) is 13.0 Å². The average Bonchev–Trinajstić information content (AvgIpc) is 2.92. The summed E-state index contributed by atoms with van der Waals surface area (Å²) in [4.78, 5) is 2.34. The summed E-state index contributed by atoms with van der Waals surface area (Å²) in [6.45, 7) is 0.752. The molecule has 172 valence electrons. The third-order valence-electron chi connectivity index (χ3n) is 6.11. The molecule has 0 radical (unpaired) electrons. The lowest BCUT2D eigenvalue weighted by Gasteiger charge is -2.26. The highest BCUT2D eigenvalue weighted by Gasteiger charge is 2.14. The Balaban J connectivity index is 1.44. The first-order valence-corrected chi connectivity index (χ1v) is 12.9. The smallest absolute Gasteiger partial charge is 0.126 e. The maximum Gasteiger partial charge on any atom is 0.126 e. The highest BCUT2D eigenvalue weighted by atomic mass is 31.1. The van der Waals surface area contributed by atoms with Gasteiger partial charge >= 0.3 is 0 Å². The highest BCUT2D eigenvalue weighted by Crippen LogP contribution is 2.29. The van der Waals surface area contributed by atoms with Crippen LogP contribution in [-0.2, 0) is 13.0 Å². The van der Waals surface area contributed by atoms with Gasteiger partial charge in [0.2, 0.25) is 0 Å². The minimum atomic E-state index is 0.370. The van der Waals surface area contributed by atoms with E-state index in [-0.39, 0.29) is 0 Å². The molecule has 0 aliphatic carbocycles. The zero-order valence-electron chi connectivity index (χ0n) is 19.5. The Morgan fingerprint density at radius 3 is 1.69 bits per heavy atom. The predicted octanol–water partition coefficient (Wildman–Crippen LogP) is 6.95. The molecule has 0 aliphatic heterocycles. The lowest BCUT2D eigenvalue weighted by molar-refractivity contribution is 0.474. The monoisotopic (exact) mass is 473 g/mol. The molecule has 3 heteroatoms. The maximum atomic E-state index is 11.1. The zero-order valence-corrected chi connectivity index (χ0v) is 20.5. The number of nitrogens with zero attached hydrogens (tertiary/aromatic N) is 1. The van der Waals surface area contributed by atoms with Crippen molar-refractivity contribution in [3.8, 4) is 5.75 Å². The van der Waals surface area contributed by atoms with Gasteiger partial charge in [-0.05, 0) is 46.3 Å². The van der Waals surface area contributed by atoms with Gasteiger partial charge in [-0.3, -0.25) is 0 Å². The molecule has 0 aliphatic rings. The van der Waals surface area contributed by atoms with Gasteiger partial charge in [-0.25, -0.2) is 0 Å². The normalized spacial score (nSPS) is 11.1. The topological polar surface area (TPSA) is 23.5 Å². The quantitative estimate of drug-likeness (QED) is 0.247. The van der Waals surface area contributed by atoms with Gasteiger partial charge in [0.05, 0.1) is 0 Å². The number of hydrogen-bond acceptors (Lipinski definition) is 2. The summed E-state index contributed by atoms with van der Waals surface area (Å²) in [5.74, 6) is 0.410. The van der Waals surface area contributed by atoms with E-state index in [9.17, 15) is 5.11 Å². The fourth-order valence-electron chi connectivity index (χ4n) is 4.29. The van der Waals surface area contributed by atoms with Crippen LogP contribution in [0.2, 0.25) is 0 Å². The van der Waals surface area contributed by atoms with Crippen LogP contribution in [0.4, 0.5) is 11.4 Å². The van der Waals surface area contributed by atoms with Crippen LogP contribution in [0.15, 0.2) is 133 Å². The lowest BCUT2D eigenvalue weighted by atomic mass is 10.0. The second kappa shape index (κ2) is 11.0. The number of para-hydroxylation sites is 3. The molecule has 0 bridgehead atoms. The van der Waals surface area contributed by atoms with E-state index in [1.807, 2.05) is 42.5 Å². The summed E-state index contributed by atoms with van der Waals surface area (Å²) in [5.41, 5.74) is 5.74. The van der Waals surface area contributed by atoms with Gasteiger partial charge in [-0.2, -0.15) is 0 Å². The van der Waals surface area contributed by atoms with Crippen LogP contribution >= 0.6 is 8.58 Å². The Morgan fingerprint density at radius 1 is 0.514 bits per heavy atom. The van der Waals surface area contributed by atoms with Crippen LogP contribution in [0.1, 0.15) is 16.7 Å². The minimum absolute atomic E-state index is 0.370. The molecule has 0 aromatic heterocycles. The first-order valence-electron chi connectivity index (χ1n) is 11.9. The first-order chi connectivity index (χ1) is 17.3. The number of aromatic hydroxyl groups is 1. The summed E-state index contributed by atoms with van der Waals surface area (Å²) in [6.07, 6.45) is 0.725. The zero-order chi connectivity index (χ0) is 23.9. The molecule has 5 aromatic carbocycles. The van der Waals surface area contributed by atoms with Crippen molar-refractivity contribution in [2.75, 3.05) is 4.90 Å². The molecule has 5 rings (SSSR count). The summed E-state index contributed by atoms with van der Waals surface area (Å²) in [6, 6.07) is 46.0. The number of benzene rings is 5. The number of rotatable bonds is 8. The summed E-state index contributed by atoms with van der Waals surface area (Å²) >= 11 is 0. The van der Waals surface area contributed by atoms with Crippen molar-refractivity contribution in [2.24, 2.45) is 0 Å². The molecule has 0 spiro atoms. The van der Waals surface area contributed by atoms with E-state index in [4.69, 9.17) is 0 Å². The molecule has 1 N–H and O–H groups in total. The van der Waals surface area contributed by atoms with E-state index in [0.717, 1.165) is 35.2 Å². The van der Waals surface area contributed by atoms with E-state index in [0.29, 0.717) is 14.3 Å². The Kier molecular flexibility index (Phi) is 7.22. The van der Waals surface area contributed by atoms with Crippen molar-refractivity contribution >= 4 is 30.6 Å². The number of anilines is 2. The lowest BCUT2D eigenvalue weighted by Crippen LogP contribution is -2.21. The van der Waals surface area contributed by atoms with Crippen LogP contribution in [0, 0.1) is 0 Å². The third kappa shape index (κ3) is 5.62. The van der Waals surface area contributed by atoms with Gasteiger partial charge in [-0.15, -0.1) is 0 Å². The first kappa shape index (κ1) is 22.9. The number of hydrogen-bond donors (Lipinski definition) is 1. The van der Waals surface area contributed by atoms with Crippen LogP contribution < -0.4 is 15.5 Å². The predicted molar refractivity (Wildman–Crippen MR) is 150 cm³/mol. The minimum Gasteiger partial charge on any atom is -0.507 e. The molecule has 1 atom stereocenters. The van der Waals surface area contributed by atoms with Gasteiger partial charge in [0.15, 0.2) is 0 Å². The highest BCUT2D eigenvalue weighted by molar-refractivity contribution is 7.55. The van der Waals surface area contributed by atoms with Crippen molar-refractivity contribution in [3.05, 3.63) is 150 Å². The van der Waals surface area contributed by atoms with Crippen LogP contribution in [0.25, 0.3) is 0 Å². The standard InChI is InChI=1S/C32H28NOP/c34-32-26(23-25-13-4-1-5-14-25)16-12-22-31(32)35-30-21-11-10-15-27(30)24-33(28-17-6-2-7-18-28)29-19-8-3-9-20-29/h1-22,34-35H,23-24H2. The molecular formula is C32H28NOP. The Bertz CT molecular complexity index is 1330. The van der Waals surface area contributed by atoms with E-state index in [1.54, 1.807) is 0 Å². The van der Waals surface area contributed by atoms with Crippen molar-refractivity contribution in [3.63, 3.8) is 0 Å². The fourth-order valence-corrected chi connectivity index (χ4v) is 5.54. The van der Waals surface area contributed by atoms with E-state index >= 15 is 0 Å². The van der Waals surface area contributed by atoms with Gasteiger partial charge < -0.3 is 10.0 Å². The molecule has 0 heterocycles. The van der Waals surface area contributed by atoms with Crippen molar-refractivity contribution in [1.82, 2.24) is 0 Å². The summed E-state index contributed by atoms with van der Waals surface area (Å²) in [5, 5.41) is 13.4. The molecule has 1 unspecified atom stereocenters. The number of phenolic OH excluding ortho intramolecular Hbond substituents is 1. The number of phenols is 1. The molecule has 0 saturated heterocycles. The third-order valence-corrected chi connectivity index (χ3v) is 7.54. The SMILES string of the molecule is Oc1c(Cc2ccccc2)cccc1Pc1ccccc1CN(c1ccccc1)c1ccccc1. The maximum absolute atomic E-state index is 11.1. The average molecular weight is 474 g/mol. The van der Waals surface area contributed by atoms with E-state index in [1.165, 1.54) is 16.4 Å². The fraction of sp³-hybridized carbons (Fsp3) is 0.0625. The van der Waals surface area contributed by atoms with Crippen molar-refractivity contribution in [1.29, 1.82) is 0 Å². The second-order valence-electron chi connectivity index (χ2n) is 8.52. The van der Waals surface area contributed by atoms with Crippen LogP contribution in [0.3, 0.4) is 0 Å². The molecule has 0 amide bonds. The Labute approximate surface area is 209 Å². The Morgan fingerprint density at radius 2 is 1.03 bits per heavy atom. The molecule has 2 nitrogen and oxygen atoms in total. The van der Waals surface area contributed by atoms with Gasteiger partial charge in [0, 0.05) is 29.6 Å². The van der Waals surface area contributed by atoms with Crippen LogP contribution in [-0.4, -0.2) is 5.11 Å². The van der Waals surface area contributed by atoms with Gasteiger partial charge in [-0.1, -0.05) is 118 Å². The Hall–Kier alpha value is -3.87. The van der Waals surface area contributed by atoms with Crippen molar-refractivity contribution < 1.29 is 5.11 Å². The van der Waals surface area contributed by atoms with Gasteiger partial charge in [0.1, 0.15) is 5.75 Å². The molecule has 0 saturated carbocycles. The molecule has 35 heavy (non-hydrogen) atoms. The second-order valence-corrected chi connectivity index (χ2v) is 9.84. The van der Waals surface area contributed by atoms with Crippen LogP contribution in [0.5, 0.6) is 5.75 Å². The van der Waals surface area contributed by atoms with Gasteiger partial charge in [0.25, 0.3) is 0 Å². The molecule has 0 fully saturated rings.